The smallest absolute Gasteiger partial charge is 0.348 e. The summed E-state index contributed by atoms with van der Waals surface area (Å²) in [4.78, 5) is 23.3. The second-order valence-corrected chi connectivity index (χ2v) is 5.68. The summed E-state index contributed by atoms with van der Waals surface area (Å²) in [5.74, 6) is 0.492. The Morgan fingerprint density at radius 3 is 2.58 bits per heavy atom. The van der Waals surface area contributed by atoms with Gasteiger partial charge in [-0.25, -0.2) is 4.98 Å². The number of nitrogens with one attached hydrogen (secondary N) is 1. The average molecular weight is 338 g/mol. The molecule has 0 radical (unpaired) electrons. The zero-order valence-electron chi connectivity index (χ0n) is 12.9. The minimum absolute atomic E-state index is 0.0734. The Bertz CT molecular complexity index is 692. The third kappa shape index (κ3) is 3.76. The van der Waals surface area contributed by atoms with E-state index in [0.717, 1.165) is 18.0 Å². The molecule has 1 aromatic carbocycles. The van der Waals surface area contributed by atoms with Crippen LogP contribution < -0.4 is 0 Å². The van der Waals surface area contributed by atoms with Crippen LogP contribution in [0, 0.1) is 0 Å². The SMILES string of the molecule is O=C(c1cccc(C(F)(F)F)c1)N1CCN(Cc2ncc[nH]2)CC1. The lowest BCUT2D eigenvalue weighted by Crippen LogP contribution is -2.48. The van der Waals surface area contributed by atoms with Gasteiger partial charge >= 0.3 is 6.18 Å². The number of aromatic nitrogens is 2. The number of hydrogen-bond donors (Lipinski definition) is 1. The fraction of sp³-hybridized carbons (Fsp3) is 0.375. The Kier molecular flexibility index (Phi) is 4.57. The Labute approximate surface area is 137 Å². The lowest BCUT2D eigenvalue weighted by Gasteiger charge is -2.34. The minimum atomic E-state index is -4.45. The molecule has 3 rings (SSSR count). The first-order valence-electron chi connectivity index (χ1n) is 7.60. The molecule has 2 heterocycles. The summed E-state index contributed by atoms with van der Waals surface area (Å²) in [7, 11) is 0. The Morgan fingerprint density at radius 1 is 1.21 bits per heavy atom. The molecule has 5 nitrogen and oxygen atoms in total. The maximum atomic E-state index is 12.8. The van der Waals surface area contributed by atoms with Crippen molar-refractivity contribution in [2.75, 3.05) is 26.2 Å². The van der Waals surface area contributed by atoms with Crippen molar-refractivity contribution in [3.63, 3.8) is 0 Å². The highest BCUT2D eigenvalue weighted by Gasteiger charge is 2.31. The molecule has 2 aromatic rings. The summed E-state index contributed by atoms with van der Waals surface area (Å²) >= 11 is 0. The third-order valence-corrected chi connectivity index (χ3v) is 4.02. The standard InChI is InChI=1S/C16H17F3N4O/c17-16(18,19)13-3-1-2-12(10-13)15(24)23-8-6-22(7-9-23)11-14-20-4-5-21-14/h1-5,10H,6-9,11H2,(H,20,21). The lowest BCUT2D eigenvalue weighted by atomic mass is 10.1. The summed E-state index contributed by atoms with van der Waals surface area (Å²) < 4.78 is 38.3. The van der Waals surface area contributed by atoms with Crippen molar-refractivity contribution < 1.29 is 18.0 Å². The maximum absolute atomic E-state index is 12.8. The zero-order valence-corrected chi connectivity index (χ0v) is 12.9. The number of H-pyrrole nitrogens is 1. The molecule has 0 atom stereocenters. The van der Waals surface area contributed by atoms with E-state index in [4.69, 9.17) is 0 Å². The molecule has 0 aliphatic carbocycles. The summed E-state index contributed by atoms with van der Waals surface area (Å²) in [5, 5.41) is 0. The second kappa shape index (κ2) is 6.64. The van der Waals surface area contributed by atoms with Crippen LogP contribution in [-0.4, -0.2) is 51.9 Å². The lowest BCUT2D eigenvalue weighted by molar-refractivity contribution is -0.137. The molecule has 1 aliphatic heterocycles. The number of aromatic amines is 1. The van der Waals surface area contributed by atoms with Crippen LogP contribution >= 0.6 is 0 Å². The number of halogens is 3. The second-order valence-electron chi connectivity index (χ2n) is 5.68. The Hall–Kier alpha value is -2.35. The van der Waals surface area contributed by atoms with Gasteiger partial charge in [0.05, 0.1) is 12.1 Å². The van der Waals surface area contributed by atoms with Gasteiger partial charge in [0, 0.05) is 44.1 Å². The first-order chi connectivity index (χ1) is 11.4. The number of rotatable bonds is 3. The first-order valence-corrected chi connectivity index (χ1v) is 7.60. The Morgan fingerprint density at radius 2 is 1.96 bits per heavy atom. The van der Waals surface area contributed by atoms with Gasteiger partial charge in [0.15, 0.2) is 0 Å². The van der Waals surface area contributed by atoms with Gasteiger partial charge in [-0.2, -0.15) is 13.2 Å². The summed E-state index contributed by atoms with van der Waals surface area (Å²) in [6.07, 6.45) is -1.01. The molecule has 1 N–H and O–H groups in total. The zero-order chi connectivity index (χ0) is 17.2. The topological polar surface area (TPSA) is 52.2 Å². The highest BCUT2D eigenvalue weighted by Crippen LogP contribution is 2.29. The van der Waals surface area contributed by atoms with Crippen molar-refractivity contribution in [2.45, 2.75) is 12.7 Å². The molecule has 1 aromatic heterocycles. The molecule has 1 aliphatic rings. The van der Waals surface area contributed by atoms with Crippen molar-refractivity contribution in [2.24, 2.45) is 0 Å². The van der Waals surface area contributed by atoms with Crippen molar-refractivity contribution >= 4 is 5.91 Å². The highest BCUT2D eigenvalue weighted by molar-refractivity contribution is 5.94. The van der Waals surface area contributed by atoms with Gasteiger partial charge in [-0.3, -0.25) is 9.69 Å². The van der Waals surface area contributed by atoms with Gasteiger partial charge < -0.3 is 9.88 Å². The van der Waals surface area contributed by atoms with E-state index in [1.165, 1.54) is 12.1 Å². The van der Waals surface area contributed by atoms with Gasteiger partial charge in [0.25, 0.3) is 5.91 Å². The van der Waals surface area contributed by atoms with Gasteiger partial charge in [-0.05, 0) is 18.2 Å². The molecule has 1 fully saturated rings. The minimum Gasteiger partial charge on any atom is -0.348 e. The molecular formula is C16H17F3N4O. The number of alkyl halides is 3. The summed E-state index contributed by atoms with van der Waals surface area (Å²) in [6, 6.07) is 4.58. The number of carbonyl (C=O) groups is 1. The molecule has 1 amide bonds. The van der Waals surface area contributed by atoms with Crippen molar-refractivity contribution in [1.82, 2.24) is 19.8 Å². The fourth-order valence-corrected chi connectivity index (χ4v) is 2.72. The number of carbonyl (C=O) groups excluding carboxylic acids is 1. The fourth-order valence-electron chi connectivity index (χ4n) is 2.72. The van der Waals surface area contributed by atoms with Crippen LogP contribution in [-0.2, 0) is 12.7 Å². The van der Waals surface area contributed by atoms with Gasteiger partial charge in [0.2, 0.25) is 0 Å². The molecule has 0 saturated carbocycles. The molecular weight excluding hydrogens is 321 g/mol. The van der Waals surface area contributed by atoms with E-state index in [0.29, 0.717) is 32.7 Å². The molecule has 128 valence electrons. The van der Waals surface area contributed by atoms with Crippen LogP contribution in [0.3, 0.4) is 0 Å². The number of piperazine rings is 1. The predicted octanol–water partition coefficient (Wildman–Crippen LogP) is 2.39. The van der Waals surface area contributed by atoms with E-state index in [2.05, 4.69) is 14.9 Å². The van der Waals surface area contributed by atoms with E-state index in [9.17, 15) is 18.0 Å². The average Bonchev–Trinajstić information content (AvgIpc) is 3.07. The van der Waals surface area contributed by atoms with E-state index in [1.807, 2.05) is 0 Å². The van der Waals surface area contributed by atoms with Crippen LogP contribution in [0.2, 0.25) is 0 Å². The normalized spacial score (nSPS) is 16.4. The van der Waals surface area contributed by atoms with E-state index < -0.39 is 11.7 Å². The molecule has 8 heteroatoms. The van der Waals surface area contributed by atoms with Crippen molar-refractivity contribution in [1.29, 1.82) is 0 Å². The van der Waals surface area contributed by atoms with E-state index in [-0.39, 0.29) is 11.5 Å². The third-order valence-electron chi connectivity index (χ3n) is 4.02. The quantitative estimate of drug-likeness (QED) is 0.935. The van der Waals surface area contributed by atoms with Crippen LogP contribution in [0.4, 0.5) is 13.2 Å². The largest absolute Gasteiger partial charge is 0.416 e. The number of imidazole rings is 1. The monoisotopic (exact) mass is 338 g/mol. The van der Waals surface area contributed by atoms with Crippen molar-refractivity contribution in [3.05, 3.63) is 53.6 Å². The molecule has 0 spiro atoms. The number of amides is 1. The van der Waals surface area contributed by atoms with E-state index >= 15 is 0 Å². The molecule has 1 saturated heterocycles. The van der Waals surface area contributed by atoms with Gasteiger partial charge in [0.1, 0.15) is 5.82 Å². The number of benzene rings is 1. The molecule has 0 unspecified atom stereocenters. The van der Waals surface area contributed by atoms with Gasteiger partial charge in [-0.15, -0.1) is 0 Å². The maximum Gasteiger partial charge on any atom is 0.416 e. The highest BCUT2D eigenvalue weighted by atomic mass is 19.4. The summed E-state index contributed by atoms with van der Waals surface area (Å²) in [5.41, 5.74) is -0.728. The molecule has 24 heavy (non-hydrogen) atoms. The summed E-state index contributed by atoms with van der Waals surface area (Å²) in [6.45, 7) is 2.95. The van der Waals surface area contributed by atoms with Crippen LogP contribution in [0.15, 0.2) is 36.7 Å². The van der Waals surface area contributed by atoms with Crippen LogP contribution in [0.1, 0.15) is 21.7 Å². The molecule has 0 bridgehead atoms. The predicted molar refractivity (Wildman–Crippen MR) is 81.2 cm³/mol. The van der Waals surface area contributed by atoms with E-state index in [1.54, 1.807) is 17.3 Å². The number of nitrogens with zero attached hydrogens (tertiary/aromatic N) is 3. The van der Waals surface area contributed by atoms with Crippen LogP contribution in [0.5, 0.6) is 0 Å². The number of hydrogen-bond acceptors (Lipinski definition) is 3. The van der Waals surface area contributed by atoms with Crippen molar-refractivity contribution in [3.8, 4) is 0 Å². The van der Waals surface area contributed by atoms with Crippen LogP contribution in [0.25, 0.3) is 0 Å². The Balaban J connectivity index is 1.61. The van der Waals surface area contributed by atoms with Gasteiger partial charge in [-0.1, -0.05) is 6.07 Å². The first kappa shape index (κ1) is 16.5.